The monoisotopic (exact) mass is 183 g/mol. The van der Waals surface area contributed by atoms with Crippen LogP contribution in [0.5, 0.6) is 0 Å². The number of hydrogen-bond donors (Lipinski definition) is 1. The lowest BCUT2D eigenvalue weighted by Gasteiger charge is -1.90. The second kappa shape index (κ2) is 3.54. The Morgan fingerprint density at radius 1 is 1.25 bits per heavy atom. The van der Waals surface area contributed by atoms with Crippen LogP contribution in [-0.2, 0) is 19.4 Å². The normalized spacial score (nSPS) is 17.1. The van der Waals surface area contributed by atoms with E-state index in [2.05, 4.69) is 4.98 Å². The molecule has 2 rings (SSSR count). The molecule has 1 heterocycles. The third-order valence-corrected chi connectivity index (χ3v) is 3.42. The van der Waals surface area contributed by atoms with E-state index in [1.807, 2.05) is 0 Å². The number of fused-ring (bicyclic) bond motifs is 1. The van der Waals surface area contributed by atoms with Crippen LogP contribution in [0.25, 0.3) is 0 Å². The van der Waals surface area contributed by atoms with Gasteiger partial charge >= 0.3 is 0 Å². The Morgan fingerprint density at radius 2 is 2.08 bits per heavy atom. The molecule has 1 aliphatic carbocycles. The molecule has 0 saturated carbocycles. The average Bonchev–Trinajstić information content (AvgIpc) is 2.37. The van der Waals surface area contributed by atoms with Crippen molar-refractivity contribution in [3.8, 4) is 0 Å². The van der Waals surface area contributed by atoms with Gasteiger partial charge in [0.1, 0.15) is 5.01 Å². The molecule has 0 amide bonds. The molecule has 0 saturated heterocycles. The summed E-state index contributed by atoms with van der Waals surface area (Å²) in [5.41, 5.74) is 1.25. The third kappa shape index (κ3) is 1.52. The molecule has 1 aromatic rings. The highest BCUT2D eigenvalue weighted by molar-refractivity contribution is 7.11. The molecule has 0 radical (unpaired) electrons. The van der Waals surface area contributed by atoms with Gasteiger partial charge in [0.2, 0.25) is 0 Å². The number of nitrogens with zero attached hydrogens (tertiary/aromatic N) is 1. The number of aliphatic hydroxyl groups is 1. The molecule has 0 aromatic carbocycles. The van der Waals surface area contributed by atoms with Crippen molar-refractivity contribution < 1.29 is 5.11 Å². The van der Waals surface area contributed by atoms with E-state index in [1.54, 1.807) is 11.3 Å². The maximum absolute atomic E-state index is 8.91. The summed E-state index contributed by atoms with van der Waals surface area (Å²) >= 11 is 1.69. The molecule has 0 unspecified atom stereocenters. The standard InChI is InChI=1S/C9H13NOS/c11-6-9-10-7-4-2-1-3-5-8(7)12-9/h11H,1-6H2. The van der Waals surface area contributed by atoms with E-state index in [0.717, 1.165) is 11.4 Å². The molecular formula is C9H13NOS. The molecule has 0 atom stereocenters. The molecule has 0 aliphatic heterocycles. The van der Waals surface area contributed by atoms with Crippen LogP contribution in [0.3, 0.4) is 0 Å². The summed E-state index contributed by atoms with van der Waals surface area (Å²) in [6.45, 7) is 0.109. The number of hydrogen-bond acceptors (Lipinski definition) is 3. The fourth-order valence-corrected chi connectivity index (χ4v) is 2.67. The van der Waals surface area contributed by atoms with Crippen molar-refractivity contribution in [2.75, 3.05) is 0 Å². The van der Waals surface area contributed by atoms with Crippen molar-refractivity contribution in [1.29, 1.82) is 0 Å². The van der Waals surface area contributed by atoms with Crippen LogP contribution in [0.2, 0.25) is 0 Å². The first-order valence-electron chi connectivity index (χ1n) is 4.48. The Kier molecular flexibility index (Phi) is 2.42. The van der Waals surface area contributed by atoms with E-state index in [9.17, 15) is 0 Å². The number of aryl methyl sites for hydroxylation is 2. The molecule has 1 aliphatic rings. The Hall–Kier alpha value is -0.410. The highest BCUT2D eigenvalue weighted by atomic mass is 32.1. The Morgan fingerprint density at radius 3 is 2.92 bits per heavy atom. The minimum atomic E-state index is 0.109. The van der Waals surface area contributed by atoms with Crippen LogP contribution in [0.4, 0.5) is 0 Å². The van der Waals surface area contributed by atoms with Gasteiger partial charge in [-0.1, -0.05) is 6.42 Å². The van der Waals surface area contributed by atoms with Crippen LogP contribution in [0.1, 0.15) is 34.8 Å². The van der Waals surface area contributed by atoms with E-state index in [-0.39, 0.29) is 6.61 Å². The van der Waals surface area contributed by atoms with Gasteiger partial charge in [-0.05, 0) is 25.7 Å². The molecule has 0 fully saturated rings. The summed E-state index contributed by atoms with van der Waals surface area (Å²) in [5, 5.41) is 9.80. The average molecular weight is 183 g/mol. The van der Waals surface area contributed by atoms with Gasteiger partial charge in [-0.15, -0.1) is 11.3 Å². The van der Waals surface area contributed by atoms with Crippen LogP contribution in [0.15, 0.2) is 0 Å². The van der Waals surface area contributed by atoms with Crippen LogP contribution < -0.4 is 0 Å². The maximum atomic E-state index is 8.91. The molecule has 1 aromatic heterocycles. The highest BCUT2D eigenvalue weighted by Gasteiger charge is 2.12. The van der Waals surface area contributed by atoms with Gasteiger partial charge in [0.25, 0.3) is 0 Å². The largest absolute Gasteiger partial charge is 0.389 e. The van der Waals surface area contributed by atoms with E-state index >= 15 is 0 Å². The van der Waals surface area contributed by atoms with Crippen molar-refractivity contribution in [2.24, 2.45) is 0 Å². The fraction of sp³-hybridized carbons (Fsp3) is 0.667. The first-order valence-corrected chi connectivity index (χ1v) is 5.30. The summed E-state index contributed by atoms with van der Waals surface area (Å²) < 4.78 is 0. The molecule has 0 spiro atoms. The topological polar surface area (TPSA) is 33.1 Å². The summed E-state index contributed by atoms with van der Waals surface area (Å²) in [6, 6.07) is 0. The zero-order chi connectivity index (χ0) is 8.39. The molecular weight excluding hydrogens is 170 g/mol. The molecule has 0 bridgehead atoms. The zero-order valence-electron chi connectivity index (χ0n) is 7.05. The minimum Gasteiger partial charge on any atom is -0.389 e. The number of rotatable bonds is 1. The highest BCUT2D eigenvalue weighted by Crippen LogP contribution is 2.25. The van der Waals surface area contributed by atoms with E-state index < -0.39 is 0 Å². The van der Waals surface area contributed by atoms with Gasteiger partial charge in [0.15, 0.2) is 0 Å². The minimum absolute atomic E-state index is 0.109. The van der Waals surface area contributed by atoms with Gasteiger partial charge in [0, 0.05) is 4.88 Å². The van der Waals surface area contributed by atoms with E-state index in [4.69, 9.17) is 5.11 Å². The molecule has 12 heavy (non-hydrogen) atoms. The molecule has 2 nitrogen and oxygen atoms in total. The predicted octanol–water partition coefficient (Wildman–Crippen LogP) is 1.90. The van der Waals surface area contributed by atoms with Crippen molar-refractivity contribution >= 4 is 11.3 Å². The Labute approximate surface area is 76.3 Å². The Bertz CT molecular complexity index is 246. The SMILES string of the molecule is OCc1nc2c(s1)CCCCC2. The number of aliphatic hydroxyl groups excluding tert-OH is 1. The first kappa shape index (κ1) is 8.20. The van der Waals surface area contributed by atoms with Crippen LogP contribution in [0, 0.1) is 0 Å². The predicted molar refractivity (Wildman–Crippen MR) is 49.3 cm³/mol. The summed E-state index contributed by atoms with van der Waals surface area (Å²) in [6.07, 6.45) is 6.18. The van der Waals surface area contributed by atoms with Crippen LogP contribution >= 0.6 is 11.3 Å². The Balaban J connectivity index is 2.26. The van der Waals surface area contributed by atoms with Crippen LogP contribution in [-0.4, -0.2) is 10.1 Å². The molecule has 3 heteroatoms. The zero-order valence-corrected chi connectivity index (χ0v) is 7.86. The van der Waals surface area contributed by atoms with Crippen molar-refractivity contribution in [1.82, 2.24) is 4.98 Å². The van der Waals surface area contributed by atoms with Gasteiger partial charge in [-0.25, -0.2) is 4.98 Å². The first-order chi connectivity index (χ1) is 5.90. The quantitative estimate of drug-likeness (QED) is 0.675. The van der Waals surface area contributed by atoms with Crippen molar-refractivity contribution in [2.45, 2.75) is 38.7 Å². The van der Waals surface area contributed by atoms with Crippen molar-refractivity contribution in [3.63, 3.8) is 0 Å². The van der Waals surface area contributed by atoms with E-state index in [0.29, 0.717) is 0 Å². The van der Waals surface area contributed by atoms with Gasteiger partial charge in [0.05, 0.1) is 12.3 Å². The molecule has 66 valence electrons. The summed E-state index contributed by atoms with van der Waals surface area (Å²) in [7, 11) is 0. The third-order valence-electron chi connectivity index (χ3n) is 2.28. The fourth-order valence-electron chi connectivity index (χ4n) is 1.65. The summed E-state index contributed by atoms with van der Waals surface area (Å²) in [4.78, 5) is 5.81. The van der Waals surface area contributed by atoms with E-state index in [1.165, 1.54) is 36.3 Å². The second-order valence-corrected chi connectivity index (χ2v) is 4.36. The molecule has 1 N–H and O–H groups in total. The maximum Gasteiger partial charge on any atom is 0.119 e. The van der Waals surface area contributed by atoms with Gasteiger partial charge in [-0.3, -0.25) is 0 Å². The number of thiazole rings is 1. The number of aromatic nitrogens is 1. The van der Waals surface area contributed by atoms with Gasteiger partial charge in [-0.2, -0.15) is 0 Å². The smallest absolute Gasteiger partial charge is 0.119 e. The second-order valence-electron chi connectivity index (χ2n) is 3.20. The lowest BCUT2D eigenvalue weighted by atomic mass is 10.2. The lowest BCUT2D eigenvalue weighted by Crippen LogP contribution is -1.87. The lowest BCUT2D eigenvalue weighted by molar-refractivity contribution is 0.281. The van der Waals surface area contributed by atoms with Crippen molar-refractivity contribution in [3.05, 3.63) is 15.6 Å². The van der Waals surface area contributed by atoms with Gasteiger partial charge < -0.3 is 5.11 Å². The summed E-state index contributed by atoms with van der Waals surface area (Å²) in [5.74, 6) is 0.